The second-order valence-electron chi connectivity index (χ2n) is 6.21. The summed E-state index contributed by atoms with van der Waals surface area (Å²) in [4.78, 5) is 0. The first-order chi connectivity index (χ1) is 9.34. The van der Waals surface area contributed by atoms with E-state index in [1.165, 1.54) is 6.42 Å². The monoisotopic (exact) mass is 296 g/mol. The number of rotatable bonds is 7. The van der Waals surface area contributed by atoms with Crippen LogP contribution in [-0.4, -0.2) is 33.6 Å². The van der Waals surface area contributed by atoms with Gasteiger partial charge in [0, 0.05) is 26.1 Å². The molecule has 1 rings (SSSR count). The third kappa shape index (κ3) is 4.92. The minimum atomic E-state index is -4.12. The molecule has 1 aliphatic rings. The summed E-state index contributed by atoms with van der Waals surface area (Å²) in [5.41, 5.74) is -0.515. The van der Waals surface area contributed by atoms with Crippen LogP contribution >= 0.6 is 0 Å². The van der Waals surface area contributed by atoms with E-state index in [1.807, 2.05) is 0 Å². The predicted octanol–water partition coefficient (Wildman–Crippen LogP) is 4.43. The van der Waals surface area contributed by atoms with Crippen LogP contribution in [0.4, 0.5) is 13.2 Å². The molecule has 0 radical (unpaired) electrons. The highest BCUT2D eigenvalue weighted by Crippen LogP contribution is 2.46. The van der Waals surface area contributed by atoms with Gasteiger partial charge in [-0.15, -0.1) is 0 Å². The molecule has 1 saturated carbocycles. The van der Waals surface area contributed by atoms with Crippen LogP contribution in [0.3, 0.4) is 0 Å². The maximum atomic E-state index is 12.6. The van der Waals surface area contributed by atoms with Gasteiger partial charge < -0.3 is 9.47 Å². The summed E-state index contributed by atoms with van der Waals surface area (Å²) in [6.07, 6.45) is -0.457. The number of methoxy groups -OCH3 is 2. The summed E-state index contributed by atoms with van der Waals surface area (Å²) in [6, 6.07) is 0. The highest BCUT2D eigenvalue weighted by atomic mass is 19.4. The third-order valence-electron chi connectivity index (χ3n) is 4.67. The number of hydrogen-bond donors (Lipinski definition) is 0. The Morgan fingerprint density at radius 1 is 0.950 bits per heavy atom. The minimum Gasteiger partial charge on any atom is -0.384 e. The van der Waals surface area contributed by atoms with E-state index in [4.69, 9.17) is 9.47 Å². The predicted molar refractivity (Wildman–Crippen MR) is 72.6 cm³/mol. The summed E-state index contributed by atoms with van der Waals surface area (Å²) >= 11 is 0. The topological polar surface area (TPSA) is 18.5 Å². The fraction of sp³-hybridized carbons (Fsp3) is 1.00. The van der Waals surface area contributed by atoms with Crippen LogP contribution < -0.4 is 0 Å². The molecule has 0 spiro atoms. The van der Waals surface area contributed by atoms with E-state index in [1.54, 1.807) is 14.2 Å². The minimum absolute atomic E-state index is 0.0905. The van der Waals surface area contributed by atoms with Gasteiger partial charge in [-0.1, -0.05) is 26.2 Å². The van der Waals surface area contributed by atoms with Gasteiger partial charge in [0.05, 0.1) is 13.2 Å². The zero-order chi connectivity index (χ0) is 15.2. The molecule has 2 atom stereocenters. The van der Waals surface area contributed by atoms with Gasteiger partial charge in [-0.3, -0.25) is 0 Å². The Morgan fingerprint density at radius 3 is 1.95 bits per heavy atom. The zero-order valence-electron chi connectivity index (χ0n) is 12.8. The van der Waals surface area contributed by atoms with Crippen molar-refractivity contribution >= 4 is 0 Å². The van der Waals surface area contributed by atoms with E-state index in [0.717, 1.165) is 19.3 Å². The van der Waals surface area contributed by atoms with Crippen molar-refractivity contribution in [3.05, 3.63) is 0 Å². The molecule has 2 nitrogen and oxygen atoms in total. The molecule has 0 aromatic heterocycles. The molecule has 0 aliphatic heterocycles. The average molecular weight is 296 g/mol. The maximum Gasteiger partial charge on any atom is 0.389 e. The Labute approximate surface area is 120 Å². The highest BCUT2D eigenvalue weighted by Gasteiger charge is 2.44. The van der Waals surface area contributed by atoms with Crippen molar-refractivity contribution in [3.8, 4) is 0 Å². The van der Waals surface area contributed by atoms with Crippen LogP contribution in [0.2, 0.25) is 0 Å². The Hall–Kier alpha value is -0.290. The molecular weight excluding hydrogens is 269 g/mol. The first kappa shape index (κ1) is 17.8. The van der Waals surface area contributed by atoms with Gasteiger partial charge in [0.1, 0.15) is 0 Å². The first-order valence-corrected chi connectivity index (χ1v) is 7.39. The molecule has 1 fully saturated rings. The van der Waals surface area contributed by atoms with Gasteiger partial charge in [-0.25, -0.2) is 0 Å². The van der Waals surface area contributed by atoms with Crippen LogP contribution in [0, 0.1) is 17.3 Å². The molecule has 0 bridgehead atoms. The van der Waals surface area contributed by atoms with E-state index in [9.17, 15) is 13.2 Å². The van der Waals surface area contributed by atoms with Crippen LogP contribution in [0.25, 0.3) is 0 Å². The number of alkyl halides is 3. The fourth-order valence-electron chi connectivity index (χ4n) is 3.78. The lowest BCUT2D eigenvalue weighted by atomic mass is 9.63. The summed E-state index contributed by atoms with van der Waals surface area (Å²) in [6.45, 7) is 2.83. The van der Waals surface area contributed by atoms with Crippen LogP contribution in [-0.2, 0) is 9.47 Å². The van der Waals surface area contributed by atoms with Crippen molar-refractivity contribution in [2.45, 2.75) is 51.6 Å². The second kappa shape index (κ2) is 7.64. The van der Waals surface area contributed by atoms with Crippen molar-refractivity contribution in [2.24, 2.45) is 17.3 Å². The highest BCUT2D eigenvalue weighted by molar-refractivity contribution is 4.91. The maximum absolute atomic E-state index is 12.6. The van der Waals surface area contributed by atoms with Gasteiger partial charge in [0.2, 0.25) is 0 Å². The van der Waals surface area contributed by atoms with Crippen molar-refractivity contribution in [1.29, 1.82) is 0 Å². The normalized spacial score (nSPS) is 24.9. The number of ether oxygens (including phenoxy) is 2. The molecule has 0 amide bonds. The Bertz CT molecular complexity index is 273. The molecule has 0 aromatic carbocycles. The average Bonchev–Trinajstić information content (AvgIpc) is 2.36. The zero-order valence-corrected chi connectivity index (χ0v) is 12.8. The summed E-state index contributed by atoms with van der Waals surface area (Å²) in [5, 5.41) is 0. The van der Waals surface area contributed by atoms with Crippen LogP contribution in [0.1, 0.15) is 45.4 Å². The Morgan fingerprint density at radius 2 is 1.50 bits per heavy atom. The summed E-state index contributed by atoms with van der Waals surface area (Å²) < 4.78 is 48.5. The summed E-state index contributed by atoms with van der Waals surface area (Å²) in [5.74, 6) is 0.681. The van der Waals surface area contributed by atoms with Gasteiger partial charge >= 0.3 is 6.18 Å². The van der Waals surface area contributed by atoms with E-state index in [0.29, 0.717) is 19.1 Å². The SMILES string of the molecule is COCC(CCC(F)(F)F)(COC)C1CCCCC1C. The lowest BCUT2D eigenvalue weighted by Crippen LogP contribution is -2.44. The van der Waals surface area contributed by atoms with Crippen molar-refractivity contribution in [1.82, 2.24) is 0 Å². The molecule has 20 heavy (non-hydrogen) atoms. The second-order valence-corrected chi connectivity index (χ2v) is 6.21. The molecule has 1 aliphatic carbocycles. The fourth-order valence-corrected chi connectivity index (χ4v) is 3.78. The molecule has 0 heterocycles. The Kier molecular flexibility index (Phi) is 6.79. The first-order valence-electron chi connectivity index (χ1n) is 7.39. The lowest BCUT2D eigenvalue weighted by Gasteiger charge is -2.45. The smallest absolute Gasteiger partial charge is 0.384 e. The number of halogens is 3. The Balaban J connectivity index is 2.89. The van der Waals surface area contributed by atoms with Crippen molar-refractivity contribution in [3.63, 3.8) is 0 Å². The molecule has 0 N–H and O–H groups in total. The number of hydrogen-bond acceptors (Lipinski definition) is 2. The quantitative estimate of drug-likeness (QED) is 0.691. The lowest BCUT2D eigenvalue weighted by molar-refractivity contribution is -0.153. The molecule has 120 valence electrons. The van der Waals surface area contributed by atoms with E-state index >= 15 is 0 Å². The van der Waals surface area contributed by atoms with Crippen LogP contribution in [0.5, 0.6) is 0 Å². The molecule has 0 saturated heterocycles. The molecule has 5 heteroatoms. The van der Waals surface area contributed by atoms with Crippen molar-refractivity contribution in [2.75, 3.05) is 27.4 Å². The van der Waals surface area contributed by atoms with E-state index in [2.05, 4.69) is 6.92 Å². The molecule has 0 aromatic rings. The molecular formula is C15H27F3O2. The van der Waals surface area contributed by atoms with E-state index < -0.39 is 18.0 Å². The van der Waals surface area contributed by atoms with Crippen molar-refractivity contribution < 1.29 is 22.6 Å². The van der Waals surface area contributed by atoms with Crippen LogP contribution in [0.15, 0.2) is 0 Å². The molecule has 2 unspecified atom stereocenters. The van der Waals surface area contributed by atoms with Gasteiger partial charge in [-0.05, 0) is 24.7 Å². The largest absolute Gasteiger partial charge is 0.389 e. The van der Waals surface area contributed by atoms with Gasteiger partial charge in [0.25, 0.3) is 0 Å². The van der Waals surface area contributed by atoms with Gasteiger partial charge in [-0.2, -0.15) is 13.2 Å². The summed E-state index contributed by atoms with van der Waals surface area (Å²) in [7, 11) is 3.12. The van der Waals surface area contributed by atoms with Gasteiger partial charge in [0.15, 0.2) is 0 Å². The third-order valence-corrected chi connectivity index (χ3v) is 4.67. The van der Waals surface area contributed by atoms with E-state index in [-0.39, 0.29) is 12.3 Å². The standard InChI is InChI=1S/C15H27F3O2/c1-12-6-4-5-7-13(12)14(10-19-2,11-20-3)8-9-15(16,17)18/h12-13H,4-11H2,1-3H3.